The first-order valence-corrected chi connectivity index (χ1v) is 10.6. The van der Waals surface area contributed by atoms with Crippen LogP contribution in [0.15, 0.2) is 24.3 Å². The van der Waals surface area contributed by atoms with Crippen LogP contribution in [-0.4, -0.2) is 33.9 Å². The van der Waals surface area contributed by atoms with Crippen LogP contribution in [0.4, 0.5) is 27.6 Å². The molecule has 0 bridgehead atoms. The second-order valence-corrected chi connectivity index (χ2v) is 7.04. The Labute approximate surface area is 197 Å². The Balaban J connectivity index is 0.00000199. The van der Waals surface area contributed by atoms with E-state index in [9.17, 15) is 26.7 Å². The number of nitrogens with one attached hydrogen (secondary N) is 2. The van der Waals surface area contributed by atoms with Crippen molar-refractivity contribution < 1.29 is 31.5 Å². The molecule has 0 aliphatic rings. The van der Waals surface area contributed by atoms with Crippen LogP contribution in [-0.2, 0) is 6.42 Å². The zero-order valence-electron chi connectivity index (χ0n) is 18.7. The molecule has 0 saturated heterocycles. The van der Waals surface area contributed by atoms with Gasteiger partial charge >= 0.3 is 6.18 Å². The van der Waals surface area contributed by atoms with Crippen LogP contribution >= 0.6 is 11.6 Å². The van der Waals surface area contributed by atoms with E-state index < -0.39 is 41.6 Å². The van der Waals surface area contributed by atoms with Gasteiger partial charge in [-0.2, -0.15) is 18.3 Å². The molecule has 34 heavy (non-hydrogen) atoms. The number of carbonyl (C=O) groups is 1. The summed E-state index contributed by atoms with van der Waals surface area (Å²) in [5, 5.41) is 8.48. The van der Waals surface area contributed by atoms with Crippen LogP contribution in [0.5, 0.6) is 5.75 Å². The van der Waals surface area contributed by atoms with E-state index in [4.69, 9.17) is 16.3 Å². The van der Waals surface area contributed by atoms with Crippen molar-refractivity contribution in [3.63, 3.8) is 0 Å². The van der Waals surface area contributed by atoms with Crippen LogP contribution in [0.25, 0.3) is 11.3 Å². The molecule has 0 aliphatic carbocycles. The highest BCUT2D eigenvalue weighted by Gasteiger charge is 2.30. The smallest absolute Gasteiger partial charge is 0.422 e. The number of halogens is 6. The minimum absolute atomic E-state index is 0.0294. The van der Waals surface area contributed by atoms with E-state index in [-0.39, 0.29) is 34.2 Å². The zero-order chi connectivity index (χ0) is 25.6. The number of nitrogens with zero attached hydrogens (tertiary/aromatic N) is 2. The van der Waals surface area contributed by atoms with E-state index in [1.807, 2.05) is 13.8 Å². The Kier molecular flexibility index (Phi) is 8.97. The molecule has 3 rings (SSSR count). The molecule has 2 N–H and O–H groups in total. The van der Waals surface area contributed by atoms with E-state index in [1.54, 1.807) is 13.8 Å². The summed E-state index contributed by atoms with van der Waals surface area (Å²) in [6.45, 7) is 5.46. The van der Waals surface area contributed by atoms with Crippen molar-refractivity contribution in [2.75, 3.05) is 11.9 Å². The third-order valence-electron chi connectivity index (χ3n) is 4.38. The molecule has 1 aromatic carbocycles. The van der Waals surface area contributed by atoms with Crippen molar-refractivity contribution >= 4 is 23.2 Å². The maximum atomic E-state index is 14.9. The summed E-state index contributed by atoms with van der Waals surface area (Å²) in [5.74, 6) is -3.09. The molecular formula is C22H22ClF5N4O2. The molecule has 0 spiro atoms. The third-order valence-corrected chi connectivity index (χ3v) is 4.65. The normalized spacial score (nSPS) is 11.0. The number of aryl methyl sites for hydroxylation is 2. The van der Waals surface area contributed by atoms with E-state index in [2.05, 4.69) is 20.5 Å². The molecule has 6 nitrogen and oxygen atoms in total. The van der Waals surface area contributed by atoms with Gasteiger partial charge in [0.2, 0.25) is 0 Å². The summed E-state index contributed by atoms with van der Waals surface area (Å²) in [4.78, 5) is 16.7. The molecule has 3 aromatic rings. The van der Waals surface area contributed by atoms with Gasteiger partial charge in [0, 0.05) is 5.56 Å². The molecule has 2 heterocycles. The summed E-state index contributed by atoms with van der Waals surface area (Å²) in [7, 11) is 0. The molecule has 0 radical (unpaired) electrons. The number of anilines is 1. The summed E-state index contributed by atoms with van der Waals surface area (Å²) in [5.41, 5.74) is -0.294. The highest BCUT2D eigenvalue weighted by atomic mass is 35.5. The van der Waals surface area contributed by atoms with Crippen LogP contribution < -0.4 is 10.1 Å². The number of pyridine rings is 1. The minimum Gasteiger partial charge on any atom is -0.483 e. The van der Waals surface area contributed by atoms with Gasteiger partial charge in [0.25, 0.3) is 5.91 Å². The largest absolute Gasteiger partial charge is 0.483 e. The molecule has 184 valence electrons. The van der Waals surface area contributed by atoms with Crippen molar-refractivity contribution in [3.8, 4) is 17.0 Å². The van der Waals surface area contributed by atoms with Gasteiger partial charge in [-0.05, 0) is 37.6 Å². The standard InChI is InChI=1S/C20H16ClF5N4O2.C2H6/c1-3-14-12(22)4-5-15(27-14)10-7-16(32-8-20(24,25)26)11(6-13(10)23)19(31)28-17-9(2)29-30-18(17)21;1-2/h4-7H,3,8H2,1-2H3,(H,28,31)(H,29,30);1-2H3. The van der Waals surface area contributed by atoms with Gasteiger partial charge in [-0.25, -0.2) is 13.8 Å². The number of rotatable bonds is 6. The minimum atomic E-state index is -4.71. The number of aromatic nitrogens is 3. The first kappa shape index (κ1) is 27.0. The SMILES string of the molecule is CC.CCc1nc(-c2cc(OCC(F)(F)F)c(C(=O)Nc3c(Cl)n[nH]c3C)cc2F)ccc1F. The molecule has 0 unspecified atom stereocenters. The monoisotopic (exact) mass is 504 g/mol. The number of alkyl halides is 3. The summed E-state index contributed by atoms with van der Waals surface area (Å²) < 4.78 is 71.7. The van der Waals surface area contributed by atoms with E-state index >= 15 is 0 Å². The molecule has 2 aromatic heterocycles. The molecule has 0 aliphatic heterocycles. The first-order chi connectivity index (χ1) is 16.0. The van der Waals surface area contributed by atoms with Crippen LogP contribution in [0.3, 0.4) is 0 Å². The number of benzene rings is 1. The Bertz CT molecular complexity index is 1150. The summed E-state index contributed by atoms with van der Waals surface area (Å²) in [6.07, 6.45) is -4.50. The topological polar surface area (TPSA) is 79.9 Å². The summed E-state index contributed by atoms with van der Waals surface area (Å²) >= 11 is 5.87. The van der Waals surface area contributed by atoms with Crippen molar-refractivity contribution in [1.29, 1.82) is 0 Å². The average Bonchev–Trinajstić information content (AvgIpc) is 3.11. The van der Waals surface area contributed by atoms with Gasteiger partial charge in [0.05, 0.1) is 22.6 Å². The maximum absolute atomic E-state index is 14.9. The predicted molar refractivity (Wildman–Crippen MR) is 118 cm³/mol. The number of hydrogen-bond donors (Lipinski definition) is 2. The number of hydrogen-bond acceptors (Lipinski definition) is 4. The Morgan fingerprint density at radius 1 is 1.18 bits per heavy atom. The highest BCUT2D eigenvalue weighted by Crippen LogP contribution is 2.32. The Morgan fingerprint density at radius 3 is 2.41 bits per heavy atom. The quantitative estimate of drug-likeness (QED) is 0.376. The van der Waals surface area contributed by atoms with Crippen LogP contribution in [0, 0.1) is 18.6 Å². The van der Waals surface area contributed by atoms with Crippen molar-refractivity contribution in [2.45, 2.75) is 40.3 Å². The second-order valence-electron chi connectivity index (χ2n) is 6.68. The van der Waals surface area contributed by atoms with Gasteiger partial charge in [-0.15, -0.1) is 0 Å². The average molecular weight is 505 g/mol. The van der Waals surface area contributed by atoms with Gasteiger partial charge < -0.3 is 10.1 Å². The first-order valence-electron chi connectivity index (χ1n) is 10.2. The van der Waals surface area contributed by atoms with Gasteiger partial charge in [-0.3, -0.25) is 9.89 Å². The fourth-order valence-corrected chi connectivity index (χ4v) is 3.05. The van der Waals surface area contributed by atoms with Crippen LogP contribution in [0.1, 0.15) is 42.5 Å². The Morgan fingerprint density at radius 2 is 1.85 bits per heavy atom. The fraction of sp³-hybridized carbons (Fsp3) is 0.318. The molecule has 0 saturated carbocycles. The lowest BCUT2D eigenvalue weighted by atomic mass is 10.0. The molecule has 0 fully saturated rings. The lowest BCUT2D eigenvalue weighted by Crippen LogP contribution is -2.21. The van der Waals surface area contributed by atoms with Crippen molar-refractivity contribution in [3.05, 3.63) is 58.0 Å². The maximum Gasteiger partial charge on any atom is 0.422 e. The van der Waals surface area contributed by atoms with Gasteiger partial charge in [0.15, 0.2) is 11.8 Å². The highest BCUT2D eigenvalue weighted by molar-refractivity contribution is 6.33. The van der Waals surface area contributed by atoms with E-state index in [1.165, 1.54) is 6.07 Å². The molecule has 1 amide bonds. The summed E-state index contributed by atoms with van der Waals surface area (Å²) in [6, 6.07) is 3.88. The predicted octanol–water partition coefficient (Wildman–Crippen LogP) is 6.49. The number of aromatic amines is 1. The Hall–Kier alpha value is -3.21. The lowest BCUT2D eigenvalue weighted by molar-refractivity contribution is -0.153. The molecular weight excluding hydrogens is 483 g/mol. The van der Waals surface area contributed by atoms with Crippen LogP contribution in [0.2, 0.25) is 5.15 Å². The molecule has 12 heteroatoms. The fourth-order valence-electron chi connectivity index (χ4n) is 2.81. The number of H-pyrrole nitrogens is 1. The zero-order valence-corrected chi connectivity index (χ0v) is 19.5. The number of carbonyl (C=O) groups excluding carboxylic acids is 1. The second kappa shape index (κ2) is 11.3. The van der Waals surface area contributed by atoms with E-state index in [0.717, 1.165) is 18.2 Å². The van der Waals surface area contributed by atoms with Crippen molar-refractivity contribution in [1.82, 2.24) is 15.2 Å². The molecule has 0 atom stereocenters. The third kappa shape index (κ3) is 6.43. The number of amides is 1. The van der Waals surface area contributed by atoms with E-state index in [0.29, 0.717) is 5.69 Å². The van der Waals surface area contributed by atoms with Gasteiger partial charge in [-0.1, -0.05) is 32.4 Å². The van der Waals surface area contributed by atoms with Crippen molar-refractivity contribution in [2.24, 2.45) is 0 Å². The lowest BCUT2D eigenvalue weighted by Gasteiger charge is -2.15. The van der Waals surface area contributed by atoms with Gasteiger partial charge in [0.1, 0.15) is 23.1 Å². The number of ether oxygens (including phenoxy) is 1.